The van der Waals surface area contributed by atoms with Crippen LogP contribution in [0.2, 0.25) is 0 Å². The van der Waals surface area contributed by atoms with Crippen molar-refractivity contribution in [2.45, 2.75) is 40.2 Å². The van der Waals surface area contributed by atoms with Crippen molar-refractivity contribution in [2.75, 3.05) is 13.7 Å². The van der Waals surface area contributed by atoms with Crippen LogP contribution in [-0.2, 0) is 0 Å². The summed E-state index contributed by atoms with van der Waals surface area (Å²) in [5.41, 5.74) is 4.77. The normalized spacial score (nSPS) is 12.4. The zero-order valence-electron chi connectivity index (χ0n) is 13.6. The van der Waals surface area contributed by atoms with Crippen molar-refractivity contribution < 1.29 is 9.15 Å². The lowest BCUT2D eigenvalue weighted by atomic mass is 9.94. The van der Waals surface area contributed by atoms with Crippen molar-refractivity contribution in [1.29, 1.82) is 0 Å². The molecule has 0 saturated carbocycles. The summed E-state index contributed by atoms with van der Waals surface area (Å²) in [5.74, 6) is 1.91. The first-order valence-corrected chi connectivity index (χ1v) is 7.51. The fraction of sp³-hybridized carbons (Fsp3) is 0.444. The summed E-state index contributed by atoms with van der Waals surface area (Å²) in [7, 11) is 1.74. The van der Waals surface area contributed by atoms with Crippen LogP contribution in [0.15, 0.2) is 28.9 Å². The zero-order valence-corrected chi connectivity index (χ0v) is 13.6. The Hall–Kier alpha value is -1.74. The first-order valence-electron chi connectivity index (χ1n) is 7.51. The van der Waals surface area contributed by atoms with Crippen molar-refractivity contribution >= 4 is 0 Å². The summed E-state index contributed by atoms with van der Waals surface area (Å²) in [4.78, 5) is 0. The molecule has 1 aromatic heterocycles. The van der Waals surface area contributed by atoms with E-state index in [2.05, 4.69) is 38.2 Å². The first kappa shape index (κ1) is 15.6. The molecule has 21 heavy (non-hydrogen) atoms. The van der Waals surface area contributed by atoms with Gasteiger partial charge in [-0.1, -0.05) is 19.1 Å². The quantitative estimate of drug-likeness (QED) is 0.860. The summed E-state index contributed by atoms with van der Waals surface area (Å²) in [6.07, 6.45) is 2.83. The molecule has 0 radical (unpaired) electrons. The van der Waals surface area contributed by atoms with E-state index in [9.17, 15) is 0 Å². The van der Waals surface area contributed by atoms with Gasteiger partial charge in [-0.05, 0) is 50.9 Å². The van der Waals surface area contributed by atoms with Gasteiger partial charge in [0.1, 0.15) is 11.5 Å². The SMILES string of the molecule is CCCNC(c1ccoc1C)c1ccc(C)c(C)c1OC. The van der Waals surface area contributed by atoms with E-state index in [0.29, 0.717) is 0 Å². The highest BCUT2D eigenvalue weighted by atomic mass is 16.5. The molecule has 0 aliphatic rings. The summed E-state index contributed by atoms with van der Waals surface area (Å²) in [6, 6.07) is 6.44. The van der Waals surface area contributed by atoms with E-state index >= 15 is 0 Å². The Morgan fingerprint density at radius 3 is 2.48 bits per heavy atom. The molecule has 0 bridgehead atoms. The predicted octanol–water partition coefficient (Wildman–Crippen LogP) is 4.30. The molecular formula is C18H25NO2. The number of benzene rings is 1. The second-order valence-corrected chi connectivity index (χ2v) is 5.45. The molecule has 0 aliphatic heterocycles. The lowest BCUT2D eigenvalue weighted by molar-refractivity contribution is 0.399. The molecule has 114 valence electrons. The monoisotopic (exact) mass is 287 g/mol. The van der Waals surface area contributed by atoms with Crippen LogP contribution < -0.4 is 10.1 Å². The maximum atomic E-state index is 5.69. The maximum absolute atomic E-state index is 5.69. The molecular weight excluding hydrogens is 262 g/mol. The number of hydrogen-bond donors (Lipinski definition) is 1. The minimum atomic E-state index is 0.0953. The summed E-state index contributed by atoms with van der Waals surface area (Å²) in [5, 5.41) is 3.61. The standard InChI is InChI=1S/C18H25NO2/c1-6-10-19-17(15-9-11-21-14(15)4)16-8-7-12(2)13(3)18(16)20-5/h7-9,11,17,19H,6,10H2,1-5H3. The summed E-state index contributed by atoms with van der Waals surface area (Å²) >= 11 is 0. The number of aryl methyl sites for hydroxylation is 2. The molecule has 1 aromatic carbocycles. The van der Waals surface area contributed by atoms with E-state index < -0.39 is 0 Å². The second kappa shape index (κ2) is 6.81. The molecule has 0 amide bonds. The van der Waals surface area contributed by atoms with Crippen LogP contribution in [0.1, 0.15) is 47.4 Å². The fourth-order valence-corrected chi connectivity index (χ4v) is 2.68. The molecule has 1 heterocycles. The average molecular weight is 287 g/mol. The Morgan fingerprint density at radius 2 is 1.90 bits per heavy atom. The van der Waals surface area contributed by atoms with E-state index in [0.717, 1.165) is 24.5 Å². The van der Waals surface area contributed by atoms with Crippen LogP contribution in [0, 0.1) is 20.8 Å². The maximum Gasteiger partial charge on any atom is 0.127 e. The molecule has 1 unspecified atom stereocenters. The minimum absolute atomic E-state index is 0.0953. The van der Waals surface area contributed by atoms with Crippen LogP contribution in [0.5, 0.6) is 5.75 Å². The third-order valence-corrected chi connectivity index (χ3v) is 4.03. The van der Waals surface area contributed by atoms with Gasteiger partial charge < -0.3 is 14.5 Å². The lowest BCUT2D eigenvalue weighted by Crippen LogP contribution is -2.24. The number of furan rings is 1. The summed E-state index contributed by atoms with van der Waals surface area (Å²) in [6.45, 7) is 9.34. The Labute approximate surface area is 127 Å². The Bertz CT molecular complexity index is 601. The third-order valence-electron chi connectivity index (χ3n) is 4.03. The molecule has 0 aliphatic carbocycles. The van der Waals surface area contributed by atoms with Crippen molar-refractivity contribution in [3.63, 3.8) is 0 Å². The first-order chi connectivity index (χ1) is 10.1. The fourth-order valence-electron chi connectivity index (χ4n) is 2.68. The van der Waals surface area contributed by atoms with Gasteiger partial charge in [-0.3, -0.25) is 0 Å². The van der Waals surface area contributed by atoms with E-state index in [1.54, 1.807) is 13.4 Å². The molecule has 3 nitrogen and oxygen atoms in total. The van der Waals surface area contributed by atoms with Crippen molar-refractivity contribution in [2.24, 2.45) is 0 Å². The van der Waals surface area contributed by atoms with Crippen molar-refractivity contribution in [3.8, 4) is 5.75 Å². The molecule has 2 rings (SSSR count). The van der Waals surface area contributed by atoms with Crippen LogP contribution in [0.25, 0.3) is 0 Å². The highest BCUT2D eigenvalue weighted by molar-refractivity contribution is 5.49. The number of rotatable bonds is 6. The number of nitrogens with one attached hydrogen (secondary N) is 1. The Morgan fingerprint density at radius 1 is 1.14 bits per heavy atom. The van der Waals surface area contributed by atoms with Crippen LogP contribution >= 0.6 is 0 Å². The van der Waals surface area contributed by atoms with Gasteiger partial charge in [-0.25, -0.2) is 0 Å². The highest BCUT2D eigenvalue weighted by Gasteiger charge is 2.22. The van der Waals surface area contributed by atoms with Gasteiger partial charge in [0.15, 0.2) is 0 Å². The van der Waals surface area contributed by atoms with Gasteiger partial charge in [0.2, 0.25) is 0 Å². The number of ether oxygens (including phenoxy) is 1. The molecule has 3 heteroatoms. The van der Waals surface area contributed by atoms with E-state index in [-0.39, 0.29) is 6.04 Å². The van der Waals surface area contributed by atoms with Gasteiger partial charge >= 0.3 is 0 Å². The van der Waals surface area contributed by atoms with Crippen LogP contribution in [0.4, 0.5) is 0 Å². The Kier molecular flexibility index (Phi) is 5.07. The van der Waals surface area contributed by atoms with E-state index in [4.69, 9.17) is 9.15 Å². The lowest BCUT2D eigenvalue weighted by Gasteiger charge is -2.23. The Balaban J connectivity index is 2.51. The molecule has 2 aromatic rings. The molecule has 0 fully saturated rings. The van der Waals surface area contributed by atoms with Crippen molar-refractivity contribution in [1.82, 2.24) is 5.32 Å². The van der Waals surface area contributed by atoms with Crippen LogP contribution in [0.3, 0.4) is 0 Å². The van der Waals surface area contributed by atoms with Gasteiger partial charge in [-0.2, -0.15) is 0 Å². The smallest absolute Gasteiger partial charge is 0.127 e. The molecule has 0 spiro atoms. The molecule has 1 atom stereocenters. The number of methoxy groups -OCH3 is 1. The average Bonchev–Trinajstić information content (AvgIpc) is 2.89. The van der Waals surface area contributed by atoms with Gasteiger partial charge in [0, 0.05) is 11.1 Å². The van der Waals surface area contributed by atoms with Gasteiger partial charge in [0.25, 0.3) is 0 Å². The zero-order chi connectivity index (χ0) is 15.4. The molecule has 1 N–H and O–H groups in total. The molecule has 0 saturated heterocycles. The van der Waals surface area contributed by atoms with Crippen molar-refractivity contribution in [3.05, 3.63) is 52.5 Å². The number of hydrogen-bond acceptors (Lipinski definition) is 3. The largest absolute Gasteiger partial charge is 0.496 e. The van der Waals surface area contributed by atoms with Gasteiger partial charge in [0.05, 0.1) is 19.4 Å². The minimum Gasteiger partial charge on any atom is -0.496 e. The van der Waals surface area contributed by atoms with E-state index in [1.165, 1.54) is 22.3 Å². The second-order valence-electron chi connectivity index (χ2n) is 5.45. The summed E-state index contributed by atoms with van der Waals surface area (Å²) < 4.78 is 11.2. The highest BCUT2D eigenvalue weighted by Crippen LogP contribution is 2.35. The third kappa shape index (κ3) is 3.13. The van der Waals surface area contributed by atoms with Crippen LogP contribution in [-0.4, -0.2) is 13.7 Å². The topological polar surface area (TPSA) is 34.4 Å². The van der Waals surface area contributed by atoms with Gasteiger partial charge in [-0.15, -0.1) is 0 Å². The predicted molar refractivity (Wildman–Crippen MR) is 86.0 cm³/mol. The van der Waals surface area contributed by atoms with E-state index in [1.807, 2.05) is 13.0 Å².